The Labute approximate surface area is 301 Å². The van der Waals surface area contributed by atoms with Crippen LogP contribution in [0.3, 0.4) is 0 Å². The summed E-state index contributed by atoms with van der Waals surface area (Å²) in [5, 5.41) is 14.3. The summed E-state index contributed by atoms with van der Waals surface area (Å²) in [5.41, 5.74) is 14.4. The molecule has 52 heavy (non-hydrogen) atoms. The first-order valence-electron chi connectivity index (χ1n) is 17.6. The second-order valence-electron chi connectivity index (χ2n) is 13.3. The number of rotatable bonds is 5. The first kappa shape index (κ1) is 29.7. The van der Waals surface area contributed by atoms with Gasteiger partial charge in [0.05, 0.1) is 33.7 Å². The molecule has 0 aliphatic carbocycles. The van der Waals surface area contributed by atoms with Gasteiger partial charge in [-0.15, -0.1) is 0 Å². The fourth-order valence-corrected chi connectivity index (χ4v) is 7.90. The Morgan fingerprint density at radius 2 is 0.769 bits per heavy atom. The van der Waals surface area contributed by atoms with E-state index in [1.165, 1.54) is 43.6 Å². The fourth-order valence-electron chi connectivity index (χ4n) is 7.90. The zero-order chi connectivity index (χ0) is 34.6. The van der Waals surface area contributed by atoms with Crippen molar-refractivity contribution in [1.82, 2.24) is 9.13 Å². The molecule has 0 bridgehead atoms. The van der Waals surface area contributed by atoms with E-state index in [1.54, 1.807) is 0 Å². The fraction of sp³-hybridized carbons (Fsp3) is 0. The molecule has 0 unspecified atom stereocenters. The molecule has 2 aromatic heterocycles. The number of fused-ring (bicyclic) bond motifs is 6. The van der Waals surface area contributed by atoms with Crippen molar-refractivity contribution in [2.75, 3.05) is 0 Å². The minimum Gasteiger partial charge on any atom is -0.309 e. The molecular weight excluding hydrogens is 631 g/mol. The molecule has 0 aliphatic heterocycles. The Balaban J connectivity index is 1.22. The number of para-hydroxylation sites is 4. The van der Waals surface area contributed by atoms with Crippen LogP contribution in [0.2, 0.25) is 0 Å². The van der Waals surface area contributed by atoms with Crippen molar-refractivity contribution in [3.05, 3.63) is 194 Å². The molecular formula is C49H31N3. The summed E-state index contributed by atoms with van der Waals surface area (Å²) < 4.78 is 4.77. The van der Waals surface area contributed by atoms with Crippen LogP contribution >= 0.6 is 0 Å². The van der Waals surface area contributed by atoms with Gasteiger partial charge in [0.15, 0.2) is 0 Å². The van der Waals surface area contributed by atoms with Crippen LogP contribution in [0.4, 0.5) is 0 Å². The topological polar surface area (TPSA) is 33.6 Å². The number of hydrogen-bond donors (Lipinski definition) is 0. The largest absolute Gasteiger partial charge is 0.309 e. The predicted molar refractivity (Wildman–Crippen MR) is 216 cm³/mol. The minimum absolute atomic E-state index is 0.660. The van der Waals surface area contributed by atoms with E-state index in [-0.39, 0.29) is 0 Å². The zero-order valence-corrected chi connectivity index (χ0v) is 28.2. The Kier molecular flexibility index (Phi) is 6.87. The van der Waals surface area contributed by atoms with Crippen molar-refractivity contribution in [3.63, 3.8) is 0 Å². The van der Waals surface area contributed by atoms with Crippen LogP contribution in [0.25, 0.3) is 88.4 Å². The summed E-state index contributed by atoms with van der Waals surface area (Å²) in [7, 11) is 0. The maximum atomic E-state index is 9.36. The van der Waals surface area contributed by atoms with Gasteiger partial charge in [-0.1, -0.05) is 109 Å². The molecule has 0 atom stereocenters. The molecule has 242 valence electrons. The second kappa shape index (κ2) is 12.0. The monoisotopic (exact) mass is 661 g/mol. The lowest BCUT2D eigenvalue weighted by Crippen LogP contribution is -1.96. The number of aromatic nitrogens is 2. The molecule has 0 aliphatic rings. The van der Waals surface area contributed by atoms with Crippen molar-refractivity contribution < 1.29 is 0 Å². The molecule has 0 spiro atoms. The molecule has 8 aromatic carbocycles. The van der Waals surface area contributed by atoms with Crippen LogP contribution in [-0.2, 0) is 0 Å². The third-order valence-electron chi connectivity index (χ3n) is 10.3. The third kappa shape index (κ3) is 4.81. The third-order valence-corrected chi connectivity index (χ3v) is 10.3. The van der Waals surface area contributed by atoms with Gasteiger partial charge in [0.2, 0.25) is 0 Å². The van der Waals surface area contributed by atoms with E-state index in [9.17, 15) is 5.26 Å². The standard InChI is InChI=1S/C49H31N3/c50-32-33-21-23-34(24-22-33)35-11-10-12-36(27-35)38-28-39(30-41(29-38)52-46-18-7-4-15-42(46)43-16-5-8-19-47(43)52)37-25-26-49-45(31-37)44-17-6-9-20-48(44)51(49)40-13-2-1-3-14-40/h1-31H. The lowest BCUT2D eigenvalue weighted by atomic mass is 9.94. The average molecular weight is 662 g/mol. The number of hydrogen-bond acceptors (Lipinski definition) is 1. The van der Waals surface area contributed by atoms with E-state index in [4.69, 9.17) is 0 Å². The summed E-state index contributed by atoms with van der Waals surface area (Å²) >= 11 is 0. The highest BCUT2D eigenvalue weighted by molar-refractivity contribution is 6.11. The van der Waals surface area contributed by atoms with Crippen molar-refractivity contribution >= 4 is 43.6 Å². The van der Waals surface area contributed by atoms with Crippen LogP contribution in [0.5, 0.6) is 0 Å². The molecule has 10 aromatic rings. The summed E-state index contributed by atoms with van der Waals surface area (Å²) in [5.74, 6) is 0. The Morgan fingerprint density at radius 1 is 0.308 bits per heavy atom. The maximum absolute atomic E-state index is 9.36. The van der Waals surface area contributed by atoms with E-state index >= 15 is 0 Å². The lowest BCUT2D eigenvalue weighted by Gasteiger charge is -2.15. The van der Waals surface area contributed by atoms with Crippen LogP contribution < -0.4 is 0 Å². The molecule has 0 saturated heterocycles. The molecule has 0 fully saturated rings. The second-order valence-corrected chi connectivity index (χ2v) is 13.3. The molecule has 3 heteroatoms. The average Bonchev–Trinajstić information content (AvgIpc) is 3.74. The number of nitriles is 1. The number of benzene rings is 8. The van der Waals surface area contributed by atoms with Crippen molar-refractivity contribution in [1.29, 1.82) is 5.26 Å². The first-order valence-corrected chi connectivity index (χ1v) is 17.6. The predicted octanol–water partition coefficient (Wildman–Crippen LogP) is 12.8. The first-order chi connectivity index (χ1) is 25.7. The van der Waals surface area contributed by atoms with Gasteiger partial charge in [-0.25, -0.2) is 0 Å². The van der Waals surface area contributed by atoms with E-state index < -0.39 is 0 Å². The van der Waals surface area contributed by atoms with Crippen molar-refractivity contribution in [3.8, 4) is 50.8 Å². The van der Waals surface area contributed by atoms with Crippen molar-refractivity contribution in [2.24, 2.45) is 0 Å². The molecule has 0 radical (unpaired) electrons. The Bertz CT molecular complexity index is 2960. The molecule has 0 N–H and O–H groups in total. The number of nitrogens with zero attached hydrogens (tertiary/aromatic N) is 3. The molecule has 0 saturated carbocycles. The molecule has 10 rings (SSSR count). The highest BCUT2D eigenvalue weighted by Crippen LogP contribution is 2.39. The van der Waals surface area contributed by atoms with Gasteiger partial charge in [0.25, 0.3) is 0 Å². The van der Waals surface area contributed by atoms with Gasteiger partial charge in [0.1, 0.15) is 0 Å². The molecule has 0 amide bonds. The van der Waals surface area contributed by atoms with Crippen molar-refractivity contribution in [2.45, 2.75) is 0 Å². The highest BCUT2D eigenvalue weighted by atomic mass is 15.0. The van der Waals surface area contributed by atoms with Gasteiger partial charge >= 0.3 is 0 Å². The van der Waals surface area contributed by atoms with Crippen LogP contribution in [0.1, 0.15) is 5.56 Å². The van der Waals surface area contributed by atoms with Gasteiger partial charge < -0.3 is 9.13 Å². The maximum Gasteiger partial charge on any atom is 0.0991 e. The van der Waals surface area contributed by atoms with Gasteiger partial charge in [0, 0.05) is 32.9 Å². The molecule has 2 heterocycles. The summed E-state index contributed by atoms with van der Waals surface area (Å²) in [6.45, 7) is 0. The van der Waals surface area contributed by atoms with E-state index in [2.05, 4.69) is 179 Å². The molecule has 3 nitrogen and oxygen atoms in total. The zero-order valence-electron chi connectivity index (χ0n) is 28.2. The SMILES string of the molecule is N#Cc1ccc(-c2cccc(-c3cc(-c4ccc5c(c4)c4ccccc4n5-c4ccccc4)cc(-n4c5ccccc5c5ccccc54)c3)c2)cc1. The highest BCUT2D eigenvalue weighted by Gasteiger charge is 2.17. The van der Waals surface area contributed by atoms with Crippen LogP contribution in [-0.4, -0.2) is 9.13 Å². The van der Waals surface area contributed by atoms with E-state index in [0.29, 0.717) is 5.56 Å². The Hall–Kier alpha value is -7.15. The summed E-state index contributed by atoms with van der Waals surface area (Å²) in [6, 6.07) is 69.3. The van der Waals surface area contributed by atoms with E-state index in [1.807, 2.05) is 24.3 Å². The van der Waals surface area contributed by atoms with Gasteiger partial charge in [-0.3, -0.25) is 0 Å². The minimum atomic E-state index is 0.660. The Morgan fingerprint density at radius 3 is 1.38 bits per heavy atom. The normalized spacial score (nSPS) is 11.4. The van der Waals surface area contributed by atoms with Gasteiger partial charge in [-0.2, -0.15) is 5.26 Å². The van der Waals surface area contributed by atoms with E-state index in [0.717, 1.165) is 44.8 Å². The van der Waals surface area contributed by atoms with Crippen LogP contribution in [0, 0.1) is 11.3 Å². The van der Waals surface area contributed by atoms with Gasteiger partial charge in [-0.05, 0) is 112 Å². The van der Waals surface area contributed by atoms with Crippen LogP contribution in [0.15, 0.2) is 188 Å². The summed E-state index contributed by atoms with van der Waals surface area (Å²) in [6.07, 6.45) is 0. The quantitative estimate of drug-likeness (QED) is 0.181. The summed E-state index contributed by atoms with van der Waals surface area (Å²) in [4.78, 5) is 0. The lowest BCUT2D eigenvalue weighted by molar-refractivity contribution is 1.18. The smallest absolute Gasteiger partial charge is 0.0991 e.